The van der Waals surface area contributed by atoms with Crippen molar-refractivity contribution >= 4 is 11.8 Å². The molecular formula is C20H25FN2O2. The molecule has 1 aromatic carbocycles. The highest BCUT2D eigenvalue weighted by atomic mass is 19.1. The Morgan fingerprint density at radius 2 is 1.84 bits per heavy atom. The lowest BCUT2D eigenvalue weighted by Crippen LogP contribution is -2.47. The number of carbonyl (C=O) groups is 2. The third kappa shape index (κ3) is 3.55. The molecular weight excluding hydrogens is 319 g/mol. The van der Waals surface area contributed by atoms with Crippen molar-refractivity contribution in [2.24, 2.45) is 11.8 Å². The van der Waals surface area contributed by atoms with Crippen molar-refractivity contribution in [1.29, 1.82) is 0 Å². The predicted octanol–water partition coefficient (Wildman–Crippen LogP) is 2.62. The van der Waals surface area contributed by atoms with Gasteiger partial charge in [-0.15, -0.1) is 0 Å². The van der Waals surface area contributed by atoms with Crippen molar-refractivity contribution in [3.8, 4) is 0 Å². The van der Waals surface area contributed by atoms with Crippen molar-refractivity contribution in [3.63, 3.8) is 0 Å². The van der Waals surface area contributed by atoms with Crippen LogP contribution in [-0.2, 0) is 15.0 Å². The molecule has 1 aromatic rings. The Labute approximate surface area is 147 Å². The van der Waals surface area contributed by atoms with Crippen LogP contribution in [0.5, 0.6) is 0 Å². The number of rotatable bonds is 5. The topological polar surface area (TPSA) is 49.4 Å². The average molecular weight is 344 g/mol. The minimum absolute atomic E-state index is 0.0262. The number of piperidine rings is 1. The van der Waals surface area contributed by atoms with E-state index in [1.54, 1.807) is 0 Å². The first-order valence-corrected chi connectivity index (χ1v) is 9.40. The highest BCUT2D eigenvalue weighted by Gasteiger charge is 2.45. The molecule has 25 heavy (non-hydrogen) atoms. The van der Waals surface area contributed by atoms with E-state index in [9.17, 15) is 14.0 Å². The van der Waals surface area contributed by atoms with E-state index in [2.05, 4.69) is 5.32 Å². The minimum atomic E-state index is -0.230. The molecule has 3 aliphatic rings. The highest BCUT2D eigenvalue weighted by molar-refractivity contribution is 5.83. The van der Waals surface area contributed by atoms with Gasteiger partial charge in [-0.1, -0.05) is 12.1 Å². The highest BCUT2D eigenvalue weighted by Crippen LogP contribution is 2.47. The van der Waals surface area contributed by atoms with Crippen LogP contribution < -0.4 is 5.32 Å². The van der Waals surface area contributed by atoms with Gasteiger partial charge in [-0.2, -0.15) is 0 Å². The van der Waals surface area contributed by atoms with Crippen molar-refractivity contribution in [2.75, 3.05) is 19.6 Å². The second kappa shape index (κ2) is 6.43. The molecule has 1 atom stereocenters. The summed E-state index contributed by atoms with van der Waals surface area (Å²) in [6, 6.07) is 6.62. The van der Waals surface area contributed by atoms with Gasteiger partial charge in [0.25, 0.3) is 0 Å². The van der Waals surface area contributed by atoms with Crippen LogP contribution >= 0.6 is 0 Å². The molecule has 0 unspecified atom stereocenters. The predicted molar refractivity (Wildman–Crippen MR) is 92.3 cm³/mol. The van der Waals surface area contributed by atoms with Crippen molar-refractivity contribution in [3.05, 3.63) is 35.6 Å². The normalized spacial score (nSPS) is 24.7. The first-order chi connectivity index (χ1) is 12.1. The Bertz CT molecular complexity index is 665. The molecule has 2 amide bonds. The maximum absolute atomic E-state index is 13.1. The quantitative estimate of drug-likeness (QED) is 0.893. The summed E-state index contributed by atoms with van der Waals surface area (Å²) < 4.78 is 13.1. The molecule has 0 radical (unpaired) electrons. The van der Waals surface area contributed by atoms with Gasteiger partial charge in [-0.25, -0.2) is 4.39 Å². The second-order valence-corrected chi connectivity index (χ2v) is 7.90. The van der Waals surface area contributed by atoms with Crippen LogP contribution in [0, 0.1) is 17.7 Å². The van der Waals surface area contributed by atoms with Gasteiger partial charge in [0, 0.05) is 31.0 Å². The van der Waals surface area contributed by atoms with Crippen molar-refractivity contribution in [1.82, 2.24) is 10.2 Å². The molecule has 5 heteroatoms. The molecule has 0 spiro atoms. The number of likely N-dealkylation sites (tertiary alicyclic amines) is 1. The van der Waals surface area contributed by atoms with Crippen LogP contribution in [0.2, 0.25) is 0 Å². The third-order valence-corrected chi connectivity index (χ3v) is 5.94. The summed E-state index contributed by atoms with van der Waals surface area (Å²) in [7, 11) is 0. The van der Waals surface area contributed by atoms with E-state index in [0.29, 0.717) is 13.1 Å². The molecule has 4 rings (SSSR count). The van der Waals surface area contributed by atoms with Gasteiger partial charge in [0.15, 0.2) is 0 Å². The number of amides is 2. The van der Waals surface area contributed by atoms with Crippen molar-refractivity contribution in [2.45, 2.75) is 43.9 Å². The summed E-state index contributed by atoms with van der Waals surface area (Å²) in [6.07, 6.45) is 5.81. The zero-order valence-corrected chi connectivity index (χ0v) is 14.5. The second-order valence-electron chi connectivity index (χ2n) is 7.90. The maximum Gasteiger partial charge on any atom is 0.225 e. The number of nitrogens with zero attached hydrogens (tertiary/aromatic N) is 1. The zero-order valence-electron chi connectivity index (χ0n) is 14.5. The Kier molecular flexibility index (Phi) is 4.26. The minimum Gasteiger partial charge on any atom is -0.355 e. The Morgan fingerprint density at radius 1 is 1.12 bits per heavy atom. The van der Waals surface area contributed by atoms with E-state index in [4.69, 9.17) is 0 Å². The fourth-order valence-electron chi connectivity index (χ4n) is 3.90. The molecule has 3 fully saturated rings. The van der Waals surface area contributed by atoms with Crippen LogP contribution in [0.15, 0.2) is 24.3 Å². The van der Waals surface area contributed by atoms with Crippen LogP contribution in [0.25, 0.3) is 0 Å². The lowest BCUT2D eigenvalue weighted by atomic mass is 9.94. The standard InChI is InChI=1S/C20H25FN2O2/c21-17-7-5-16(6-8-17)20(9-10-20)13-22-18(24)15-2-1-11-23(12-15)19(25)14-3-4-14/h5-8,14-15H,1-4,9-13H2,(H,22,24)/t15-/m1/s1. The van der Waals surface area contributed by atoms with Crippen LogP contribution in [-0.4, -0.2) is 36.3 Å². The molecule has 2 aliphatic carbocycles. The summed E-state index contributed by atoms with van der Waals surface area (Å²) >= 11 is 0. The third-order valence-electron chi connectivity index (χ3n) is 5.94. The van der Waals surface area contributed by atoms with Gasteiger partial charge in [0.2, 0.25) is 11.8 Å². The van der Waals surface area contributed by atoms with Crippen molar-refractivity contribution < 1.29 is 14.0 Å². The first-order valence-electron chi connectivity index (χ1n) is 9.40. The molecule has 0 aromatic heterocycles. The number of benzene rings is 1. The van der Waals surface area contributed by atoms with Crippen LogP contribution in [0.3, 0.4) is 0 Å². The summed E-state index contributed by atoms with van der Waals surface area (Å²) in [5, 5.41) is 3.10. The lowest BCUT2D eigenvalue weighted by molar-refractivity contribution is -0.136. The molecule has 1 N–H and O–H groups in total. The Hall–Kier alpha value is -1.91. The molecule has 4 nitrogen and oxygen atoms in total. The smallest absolute Gasteiger partial charge is 0.225 e. The number of hydrogen-bond donors (Lipinski definition) is 1. The average Bonchev–Trinajstić information content (AvgIpc) is 3.54. The van der Waals surface area contributed by atoms with Gasteiger partial charge in [-0.05, 0) is 56.2 Å². The molecule has 2 saturated carbocycles. The summed E-state index contributed by atoms with van der Waals surface area (Å²) in [5.74, 6) is 0.186. The van der Waals surface area contributed by atoms with Gasteiger partial charge < -0.3 is 10.2 Å². The number of carbonyl (C=O) groups excluding carboxylic acids is 2. The van der Waals surface area contributed by atoms with Crippen LogP contribution in [0.1, 0.15) is 44.1 Å². The molecule has 1 heterocycles. The molecule has 1 saturated heterocycles. The van der Waals surface area contributed by atoms with E-state index in [1.807, 2.05) is 17.0 Å². The van der Waals surface area contributed by atoms with E-state index in [0.717, 1.165) is 50.6 Å². The molecule has 134 valence electrons. The largest absolute Gasteiger partial charge is 0.355 e. The van der Waals surface area contributed by atoms with Crippen LogP contribution in [0.4, 0.5) is 4.39 Å². The number of nitrogens with one attached hydrogen (secondary N) is 1. The van der Waals surface area contributed by atoms with E-state index < -0.39 is 0 Å². The summed E-state index contributed by atoms with van der Waals surface area (Å²) in [6.45, 7) is 1.95. The number of hydrogen-bond acceptors (Lipinski definition) is 2. The Morgan fingerprint density at radius 3 is 2.48 bits per heavy atom. The fraction of sp³-hybridized carbons (Fsp3) is 0.600. The molecule has 1 aliphatic heterocycles. The van der Waals surface area contributed by atoms with E-state index >= 15 is 0 Å². The van der Waals surface area contributed by atoms with Gasteiger partial charge >= 0.3 is 0 Å². The van der Waals surface area contributed by atoms with E-state index in [1.165, 1.54) is 12.1 Å². The fourth-order valence-corrected chi connectivity index (χ4v) is 3.90. The first kappa shape index (κ1) is 16.6. The summed E-state index contributed by atoms with van der Waals surface area (Å²) in [4.78, 5) is 26.7. The zero-order chi connectivity index (χ0) is 17.4. The summed E-state index contributed by atoms with van der Waals surface area (Å²) in [5.41, 5.74) is 1.07. The van der Waals surface area contributed by atoms with Gasteiger partial charge in [0.05, 0.1) is 5.92 Å². The maximum atomic E-state index is 13.1. The monoisotopic (exact) mass is 344 g/mol. The molecule has 0 bridgehead atoms. The van der Waals surface area contributed by atoms with Gasteiger partial charge in [-0.3, -0.25) is 9.59 Å². The van der Waals surface area contributed by atoms with Gasteiger partial charge in [0.1, 0.15) is 5.82 Å². The SMILES string of the molecule is O=C(NCC1(c2ccc(F)cc2)CC1)[C@@H]1CCCN(C(=O)C2CC2)C1. The Balaban J connectivity index is 1.32. The lowest BCUT2D eigenvalue weighted by Gasteiger charge is -2.32. The number of halogens is 1. The van der Waals surface area contributed by atoms with E-state index in [-0.39, 0.29) is 34.9 Å².